The first-order valence-electron chi connectivity index (χ1n) is 6.72. The summed E-state index contributed by atoms with van der Waals surface area (Å²) in [6.45, 7) is 5.29. The normalized spacial score (nSPS) is 11.2. The largest absolute Gasteiger partial charge is 0.454 e. The number of nitrogens with one attached hydrogen (secondary N) is 1. The van der Waals surface area contributed by atoms with Crippen LogP contribution in [0.5, 0.6) is 0 Å². The molecule has 1 N–H and O–H groups in total. The number of hydrogen-bond acceptors (Lipinski definition) is 6. The highest BCUT2D eigenvalue weighted by molar-refractivity contribution is 7.89. The molecule has 0 bridgehead atoms. The van der Waals surface area contributed by atoms with Gasteiger partial charge in [-0.1, -0.05) is 11.2 Å². The Labute approximate surface area is 134 Å². The Kier molecular flexibility index (Phi) is 5.30. The first-order chi connectivity index (χ1) is 10.9. The molecule has 8 heteroatoms. The lowest BCUT2D eigenvalue weighted by Crippen LogP contribution is -2.23. The van der Waals surface area contributed by atoms with E-state index in [4.69, 9.17) is 9.26 Å². The molecule has 1 heterocycles. The second-order valence-corrected chi connectivity index (χ2v) is 6.44. The first kappa shape index (κ1) is 16.9. The van der Waals surface area contributed by atoms with Crippen molar-refractivity contribution in [2.24, 2.45) is 0 Å². The van der Waals surface area contributed by atoms with E-state index in [9.17, 15) is 13.2 Å². The summed E-state index contributed by atoms with van der Waals surface area (Å²) in [5.41, 5.74) is 0.932. The molecule has 23 heavy (non-hydrogen) atoms. The molecule has 0 unspecified atom stereocenters. The monoisotopic (exact) mass is 336 g/mol. The van der Waals surface area contributed by atoms with Crippen LogP contribution in [0.25, 0.3) is 0 Å². The Morgan fingerprint density at radius 3 is 2.65 bits per heavy atom. The number of esters is 1. The summed E-state index contributed by atoms with van der Waals surface area (Å²) in [6.07, 6.45) is 1.44. The standard InChI is InChI=1S/C15H16N2O5S/c1-3-8-16-23(19,20)14-6-4-12(5-7-14)15(18)21-10-13-9-11(2)17-22-13/h3-7,9,16H,1,8,10H2,2H3. The Balaban J connectivity index is 2.01. The van der Waals surface area contributed by atoms with Gasteiger partial charge in [-0.15, -0.1) is 6.58 Å². The molecular weight excluding hydrogens is 320 g/mol. The fourth-order valence-corrected chi connectivity index (χ4v) is 2.72. The van der Waals surface area contributed by atoms with E-state index < -0.39 is 16.0 Å². The van der Waals surface area contributed by atoms with E-state index in [1.807, 2.05) is 0 Å². The fourth-order valence-electron chi connectivity index (χ4n) is 1.73. The average molecular weight is 336 g/mol. The van der Waals surface area contributed by atoms with Crippen molar-refractivity contribution in [2.45, 2.75) is 18.4 Å². The van der Waals surface area contributed by atoms with Crippen molar-refractivity contribution in [1.29, 1.82) is 0 Å². The zero-order valence-electron chi connectivity index (χ0n) is 12.5. The molecule has 0 atom stereocenters. The van der Waals surface area contributed by atoms with Gasteiger partial charge in [-0.3, -0.25) is 0 Å². The van der Waals surface area contributed by atoms with Crippen LogP contribution >= 0.6 is 0 Å². The molecular formula is C15H16N2O5S. The first-order valence-corrected chi connectivity index (χ1v) is 8.20. The van der Waals surface area contributed by atoms with E-state index in [1.165, 1.54) is 30.3 Å². The van der Waals surface area contributed by atoms with Crippen molar-refractivity contribution in [3.05, 3.63) is 60.0 Å². The number of aryl methyl sites for hydroxylation is 1. The van der Waals surface area contributed by atoms with Crippen LogP contribution in [0.1, 0.15) is 21.8 Å². The van der Waals surface area contributed by atoms with Gasteiger partial charge in [-0.2, -0.15) is 0 Å². The number of hydrogen-bond donors (Lipinski definition) is 1. The van der Waals surface area contributed by atoms with E-state index in [0.717, 1.165) is 0 Å². The van der Waals surface area contributed by atoms with Crippen molar-refractivity contribution in [3.8, 4) is 0 Å². The third-order valence-electron chi connectivity index (χ3n) is 2.84. The summed E-state index contributed by atoms with van der Waals surface area (Å²) in [5.74, 6) is -0.147. The van der Waals surface area contributed by atoms with Crippen molar-refractivity contribution < 1.29 is 22.5 Å². The number of sulfonamides is 1. The van der Waals surface area contributed by atoms with Crippen LogP contribution in [0, 0.1) is 6.92 Å². The highest BCUT2D eigenvalue weighted by atomic mass is 32.2. The molecule has 0 aliphatic heterocycles. The minimum Gasteiger partial charge on any atom is -0.454 e. The van der Waals surface area contributed by atoms with Crippen LogP contribution in [0.4, 0.5) is 0 Å². The van der Waals surface area contributed by atoms with Crippen LogP contribution in [-0.2, 0) is 21.4 Å². The summed E-state index contributed by atoms with van der Waals surface area (Å²) in [4.78, 5) is 12.0. The van der Waals surface area contributed by atoms with Gasteiger partial charge in [-0.05, 0) is 31.2 Å². The summed E-state index contributed by atoms with van der Waals surface area (Å²) < 4.78 is 36.1. The quantitative estimate of drug-likeness (QED) is 0.611. The minimum atomic E-state index is -3.61. The van der Waals surface area contributed by atoms with Crippen LogP contribution in [0.2, 0.25) is 0 Å². The van der Waals surface area contributed by atoms with Gasteiger partial charge in [0.05, 0.1) is 16.2 Å². The molecule has 122 valence electrons. The van der Waals surface area contributed by atoms with Crippen molar-refractivity contribution >= 4 is 16.0 Å². The Hall–Kier alpha value is -2.45. The number of carbonyl (C=O) groups is 1. The van der Waals surface area contributed by atoms with Crippen molar-refractivity contribution in [3.63, 3.8) is 0 Å². The summed E-state index contributed by atoms with van der Waals surface area (Å²) in [5, 5.41) is 3.68. The number of nitrogens with zero attached hydrogens (tertiary/aromatic N) is 1. The highest BCUT2D eigenvalue weighted by Gasteiger charge is 2.15. The molecule has 2 rings (SSSR count). The van der Waals surface area contributed by atoms with E-state index >= 15 is 0 Å². The van der Waals surface area contributed by atoms with Crippen LogP contribution < -0.4 is 4.72 Å². The smallest absolute Gasteiger partial charge is 0.338 e. The van der Waals surface area contributed by atoms with E-state index in [2.05, 4.69) is 16.5 Å². The van der Waals surface area contributed by atoms with Crippen LogP contribution in [0.3, 0.4) is 0 Å². The molecule has 0 radical (unpaired) electrons. The Morgan fingerprint density at radius 1 is 1.39 bits per heavy atom. The van der Waals surface area contributed by atoms with Crippen LogP contribution in [-0.4, -0.2) is 26.1 Å². The maximum Gasteiger partial charge on any atom is 0.338 e. The number of carbonyl (C=O) groups excluding carboxylic acids is 1. The minimum absolute atomic E-state index is 0.0411. The highest BCUT2D eigenvalue weighted by Crippen LogP contribution is 2.12. The molecule has 1 aromatic carbocycles. The van der Waals surface area contributed by atoms with Gasteiger partial charge in [0.15, 0.2) is 12.4 Å². The van der Waals surface area contributed by atoms with Gasteiger partial charge in [0.25, 0.3) is 0 Å². The maximum absolute atomic E-state index is 11.9. The number of rotatable bonds is 7. The SMILES string of the molecule is C=CCNS(=O)(=O)c1ccc(C(=O)OCc2cc(C)no2)cc1. The zero-order chi connectivity index (χ0) is 16.9. The van der Waals surface area contributed by atoms with E-state index in [1.54, 1.807) is 13.0 Å². The molecule has 0 aliphatic rings. The molecule has 0 saturated heterocycles. The third-order valence-corrected chi connectivity index (χ3v) is 4.28. The van der Waals surface area contributed by atoms with Gasteiger partial charge < -0.3 is 9.26 Å². The summed E-state index contributed by atoms with van der Waals surface area (Å²) in [6, 6.07) is 7.10. The van der Waals surface area contributed by atoms with Gasteiger partial charge in [0.1, 0.15) is 0 Å². The Bertz CT molecular complexity index is 794. The number of aromatic nitrogens is 1. The molecule has 1 aromatic heterocycles. The molecule has 0 amide bonds. The van der Waals surface area contributed by atoms with Gasteiger partial charge in [-0.25, -0.2) is 17.9 Å². The lowest BCUT2D eigenvalue weighted by atomic mass is 10.2. The molecule has 0 spiro atoms. The van der Waals surface area contributed by atoms with Gasteiger partial charge in [0, 0.05) is 12.6 Å². The van der Waals surface area contributed by atoms with E-state index in [0.29, 0.717) is 11.5 Å². The molecule has 0 fully saturated rings. The van der Waals surface area contributed by atoms with E-state index in [-0.39, 0.29) is 23.6 Å². The number of ether oxygens (including phenoxy) is 1. The lowest BCUT2D eigenvalue weighted by Gasteiger charge is -2.06. The fraction of sp³-hybridized carbons (Fsp3) is 0.200. The van der Waals surface area contributed by atoms with Crippen molar-refractivity contribution in [1.82, 2.24) is 9.88 Å². The number of benzene rings is 1. The molecule has 7 nitrogen and oxygen atoms in total. The lowest BCUT2D eigenvalue weighted by molar-refractivity contribution is 0.0437. The zero-order valence-corrected chi connectivity index (χ0v) is 13.3. The third kappa shape index (κ3) is 4.51. The average Bonchev–Trinajstić information content (AvgIpc) is 2.96. The topological polar surface area (TPSA) is 98.5 Å². The Morgan fingerprint density at radius 2 is 2.09 bits per heavy atom. The van der Waals surface area contributed by atoms with Gasteiger partial charge in [0.2, 0.25) is 10.0 Å². The second-order valence-electron chi connectivity index (χ2n) is 4.68. The second kappa shape index (κ2) is 7.21. The maximum atomic E-state index is 11.9. The van der Waals surface area contributed by atoms with Crippen LogP contribution in [0.15, 0.2) is 52.4 Å². The predicted molar refractivity (Wildman–Crippen MR) is 82.2 cm³/mol. The summed E-state index contributed by atoms with van der Waals surface area (Å²) in [7, 11) is -3.61. The molecule has 2 aromatic rings. The van der Waals surface area contributed by atoms with Gasteiger partial charge >= 0.3 is 5.97 Å². The molecule has 0 saturated carbocycles. The predicted octanol–water partition coefficient (Wildman–Crippen LogP) is 1.80. The van der Waals surface area contributed by atoms with Crippen molar-refractivity contribution in [2.75, 3.05) is 6.54 Å². The molecule has 0 aliphatic carbocycles. The summed E-state index contributed by atoms with van der Waals surface area (Å²) >= 11 is 0.